The van der Waals surface area contributed by atoms with Crippen LogP contribution in [-0.2, 0) is 16.8 Å². The molecule has 1 saturated carbocycles. The molecule has 3 N–H and O–H groups in total. The Balaban J connectivity index is 1.42. The van der Waals surface area contributed by atoms with Crippen molar-refractivity contribution in [2.24, 2.45) is 5.73 Å². The molecule has 9 nitrogen and oxygen atoms in total. The number of amides is 2. The topological polar surface area (TPSA) is 120 Å². The van der Waals surface area contributed by atoms with Crippen molar-refractivity contribution in [1.82, 2.24) is 15.2 Å². The molecule has 1 aromatic heterocycles. The van der Waals surface area contributed by atoms with Gasteiger partial charge in [0.15, 0.2) is 0 Å². The monoisotopic (exact) mass is 660 g/mol. The Kier molecular flexibility index (Phi) is 11.2. The zero-order chi connectivity index (χ0) is 34.3. The number of carbonyl (C=O) groups is 2. The van der Waals surface area contributed by atoms with Gasteiger partial charge in [-0.2, -0.15) is 0 Å². The highest BCUT2D eigenvalue weighted by atomic mass is 19.1. The van der Waals surface area contributed by atoms with E-state index < -0.39 is 35.2 Å². The average Bonchev–Trinajstić information content (AvgIpc) is 3.67. The number of hydrogen-bond acceptors (Lipinski definition) is 7. The van der Waals surface area contributed by atoms with Crippen LogP contribution in [0.15, 0.2) is 77.5 Å². The quantitative estimate of drug-likeness (QED) is 0.146. The minimum Gasteiger partial charge on any atom is -0.497 e. The summed E-state index contributed by atoms with van der Waals surface area (Å²) in [5.41, 5.74) is 8.38. The number of aromatic nitrogens is 1. The molecule has 2 atom stereocenters. The van der Waals surface area contributed by atoms with Crippen molar-refractivity contribution in [3.8, 4) is 17.2 Å². The van der Waals surface area contributed by atoms with Gasteiger partial charge < -0.3 is 29.8 Å². The number of halogens is 2. The van der Waals surface area contributed by atoms with Crippen LogP contribution < -0.4 is 15.8 Å². The normalized spacial score (nSPS) is 14.6. The molecule has 1 fully saturated rings. The number of hydrogen-bond donors (Lipinski definition) is 2. The molecule has 5 rings (SSSR count). The molecule has 0 saturated heterocycles. The average molecular weight is 661 g/mol. The predicted molar refractivity (Wildman–Crippen MR) is 178 cm³/mol. The van der Waals surface area contributed by atoms with Gasteiger partial charge in [0.05, 0.1) is 31.6 Å². The molecule has 0 radical (unpaired) electrons. The van der Waals surface area contributed by atoms with E-state index in [4.69, 9.17) is 19.6 Å². The molecule has 0 spiro atoms. The zero-order valence-corrected chi connectivity index (χ0v) is 27.5. The minimum absolute atomic E-state index is 0.0309. The van der Waals surface area contributed by atoms with Crippen molar-refractivity contribution in [1.29, 1.82) is 0 Å². The molecule has 3 aromatic carbocycles. The number of nitrogens with zero attached hydrogens (tertiary/aromatic N) is 2. The maximum absolute atomic E-state index is 14.2. The van der Waals surface area contributed by atoms with Crippen LogP contribution in [0.1, 0.15) is 71.4 Å². The van der Waals surface area contributed by atoms with E-state index in [0.717, 1.165) is 37.3 Å². The molecular formula is C37H42F2N4O5. The second-order valence-electron chi connectivity index (χ2n) is 12.2. The molecule has 11 heteroatoms. The van der Waals surface area contributed by atoms with E-state index in [2.05, 4.69) is 10.3 Å². The third-order valence-electron chi connectivity index (χ3n) is 8.46. The summed E-state index contributed by atoms with van der Waals surface area (Å²) in [6, 6.07) is 14.1. The largest absolute Gasteiger partial charge is 0.497 e. The highest BCUT2D eigenvalue weighted by Gasteiger charge is 2.46. The summed E-state index contributed by atoms with van der Waals surface area (Å²) in [6.07, 6.45) is 6.06. The van der Waals surface area contributed by atoms with Gasteiger partial charge in [-0.1, -0.05) is 26.0 Å². The molecular weight excluding hydrogens is 618 g/mol. The van der Waals surface area contributed by atoms with Crippen molar-refractivity contribution < 1.29 is 32.3 Å². The summed E-state index contributed by atoms with van der Waals surface area (Å²) in [5.74, 6) is -1.25. The standard InChI is InChI=1S/C37H42F2N4O5/c1-4-12-43(13-5-2)36(45)27-19-25(18-26(20-27)35-41-11-14-47-35)34(44)42-33(17-24-15-29(38)22-30(39)16-24)32(40)23-48-37(9-10-37)28-7-6-8-31(21-28)46-3/h6-8,11,14-16,18-22,32-33H,4-5,9-10,12-13,17,23,40H2,1-3H3,(H,42,44)/t32?,33-/m0/s1. The summed E-state index contributed by atoms with van der Waals surface area (Å²) in [6.45, 7) is 5.18. The van der Waals surface area contributed by atoms with E-state index in [0.29, 0.717) is 35.5 Å². The highest BCUT2D eigenvalue weighted by Crippen LogP contribution is 2.50. The molecule has 1 aliphatic carbocycles. The summed E-state index contributed by atoms with van der Waals surface area (Å²) in [4.78, 5) is 33.6. The van der Waals surface area contributed by atoms with Crippen molar-refractivity contribution in [2.75, 3.05) is 26.8 Å². The van der Waals surface area contributed by atoms with Crippen LogP contribution in [0.4, 0.5) is 8.78 Å². The summed E-state index contributed by atoms with van der Waals surface area (Å²) in [7, 11) is 1.60. The van der Waals surface area contributed by atoms with Crippen LogP contribution in [0.3, 0.4) is 0 Å². The number of benzene rings is 3. The molecule has 2 amide bonds. The fraction of sp³-hybridized carbons (Fsp3) is 0.378. The Morgan fingerprint density at radius 1 is 1.02 bits per heavy atom. The van der Waals surface area contributed by atoms with Gasteiger partial charge in [-0.3, -0.25) is 9.59 Å². The van der Waals surface area contributed by atoms with Crippen LogP contribution in [-0.4, -0.2) is 60.6 Å². The number of ether oxygens (including phenoxy) is 2. The SMILES string of the molecule is CCCN(CCC)C(=O)c1cc(C(=O)N[C@@H](Cc2cc(F)cc(F)c2)C(N)COC2(c3cccc(OC)c3)CC2)cc(-c2ncco2)c1. The maximum atomic E-state index is 14.2. The molecule has 48 heavy (non-hydrogen) atoms. The number of methoxy groups -OCH3 is 1. The van der Waals surface area contributed by atoms with Crippen LogP contribution in [0.5, 0.6) is 5.75 Å². The Hall–Kier alpha value is -4.61. The van der Waals surface area contributed by atoms with Gasteiger partial charge in [-0.25, -0.2) is 13.8 Å². The third kappa shape index (κ3) is 8.45. The first-order chi connectivity index (χ1) is 23.1. The fourth-order valence-electron chi connectivity index (χ4n) is 5.86. The molecule has 1 unspecified atom stereocenters. The van der Waals surface area contributed by atoms with Gasteiger partial charge in [0.25, 0.3) is 11.8 Å². The number of nitrogens with one attached hydrogen (secondary N) is 1. The Morgan fingerprint density at radius 3 is 2.35 bits per heavy atom. The van der Waals surface area contributed by atoms with E-state index >= 15 is 0 Å². The lowest BCUT2D eigenvalue weighted by Gasteiger charge is -2.28. The summed E-state index contributed by atoms with van der Waals surface area (Å²) >= 11 is 0. The molecule has 0 aliphatic heterocycles. The fourth-order valence-corrected chi connectivity index (χ4v) is 5.86. The second kappa shape index (κ2) is 15.5. The Bertz CT molecular complexity index is 1680. The predicted octanol–water partition coefficient (Wildman–Crippen LogP) is 6.26. The maximum Gasteiger partial charge on any atom is 0.253 e. The molecule has 1 heterocycles. The number of nitrogens with two attached hydrogens (primary N) is 1. The van der Waals surface area contributed by atoms with Gasteiger partial charge in [0, 0.05) is 41.9 Å². The lowest BCUT2D eigenvalue weighted by Crippen LogP contribution is -2.51. The second-order valence-corrected chi connectivity index (χ2v) is 12.2. The van der Waals surface area contributed by atoms with E-state index in [1.165, 1.54) is 30.7 Å². The van der Waals surface area contributed by atoms with Crippen molar-refractivity contribution in [2.45, 2.75) is 63.6 Å². The first kappa shape index (κ1) is 34.7. The van der Waals surface area contributed by atoms with Gasteiger partial charge in [0.1, 0.15) is 23.6 Å². The van der Waals surface area contributed by atoms with E-state index in [-0.39, 0.29) is 30.4 Å². The highest BCUT2D eigenvalue weighted by molar-refractivity contribution is 6.01. The van der Waals surface area contributed by atoms with E-state index in [1.807, 2.05) is 38.1 Å². The third-order valence-corrected chi connectivity index (χ3v) is 8.46. The summed E-state index contributed by atoms with van der Waals surface area (Å²) in [5, 5.41) is 2.97. The molecule has 0 bridgehead atoms. The first-order valence-corrected chi connectivity index (χ1v) is 16.3. The summed E-state index contributed by atoms with van der Waals surface area (Å²) < 4.78 is 45.7. The lowest BCUT2D eigenvalue weighted by atomic mass is 9.98. The molecule has 1 aliphatic rings. The number of oxazole rings is 1. The molecule has 4 aromatic rings. The van der Waals surface area contributed by atoms with E-state index in [1.54, 1.807) is 24.1 Å². The van der Waals surface area contributed by atoms with Crippen molar-refractivity contribution >= 4 is 11.8 Å². The Morgan fingerprint density at radius 2 is 1.73 bits per heavy atom. The smallest absolute Gasteiger partial charge is 0.253 e. The van der Waals surface area contributed by atoms with Crippen LogP contribution >= 0.6 is 0 Å². The van der Waals surface area contributed by atoms with Gasteiger partial charge >= 0.3 is 0 Å². The van der Waals surface area contributed by atoms with Crippen LogP contribution in [0.2, 0.25) is 0 Å². The zero-order valence-electron chi connectivity index (χ0n) is 27.5. The minimum atomic E-state index is -0.791. The van der Waals surface area contributed by atoms with Crippen molar-refractivity contribution in [3.63, 3.8) is 0 Å². The number of carbonyl (C=O) groups excluding carboxylic acids is 2. The van der Waals surface area contributed by atoms with Gasteiger partial charge in [-0.05, 0) is 85.7 Å². The van der Waals surface area contributed by atoms with Crippen LogP contribution in [0, 0.1) is 11.6 Å². The van der Waals surface area contributed by atoms with Crippen molar-refractivity contribution in [3.05, 3.63) is 107 Å². The molecule has 254 valence electrons. The Labute approximate surface area is 279 Å². The van der Waals surface area contributed by atoms with E-state index in [9.17, 15) is 18.4 Å². The van der Waals surface area contributed by atoms with Gasteiger partial charge in [-0.15, -0.1) is 0 Å². The van der Waals surface area contributed by atoms with Gasteiger partial charge in [0.2, 0.25) is 5.89 Å². The van der Waals surface area contributed by atoms with Crippen LogP contribution in [0.25, 0.3) is 11.5 Å². The first-order valence-electron chi connectivity index (χ1n) is 16.3. The lowest BCUT2D eigenvalue weighted by molar-refractivity contribution is 0.0162. The number of rotatable bonds is 16.